The lowest BCUT2D eigenvalue weighted by atomic mass is 9.64. The molecule has 0 radical (unpaired) electrons. The van der Waals surface area contributed by atoms with Gasteiger partial charge in [0.15, 0.2) is 0 Å². The molecule has 0 bridgehead atoms. The van der Waals surface area contributed by atoms with Crippen LogP contribution >= 0.6 is 0 Å². The number of hydrogen-bond acceptors (Lipinski definition) is 0. The molecule has 1 aromatic rings. The Morgan fingerprint density at radius 3 is 2.76 bits per heavy atom. The molecule has 0 nitrogen and oxygen atoms in total. The third kappa shape index (κ3) is 1.95. The largest absolute Gasteiger partial charge is 0.207 e. The van der Waals surface area contributed by atoms with Crippen molar-refractivity contribution in [1.82, 2.24) is 0 Å². The van der Waals surface area contributed by atoms with Crippen LogP contribution in [0.1, 0.15) is 50.3 Å². The molecule has 0 saturated carbocycles. The number of allylic oxidation sites excluding steroid dienone is 6. The van der Waals surface area contributed by atoms with E-state index in [-0.39, 0.29) is 11.2 Å². The van der Waals surface area contributed by atoms with E-state index in [4.69, 9.17) is 0 Å². The van der Waals surface area contributed by atoms with Crippen LogP contribution < -0.4 is 0 Å². The molecule has 3 rings (SSSR count). The fourth-order valence-corrected chi connectivity index (χ4v) is 3.72. The molecule has 0 atom stereocenters. The highest BCUT2D eigenvalue weighted by Gasteiger charge is 2.39. The van der Waals surface area contributed by atoms with Gasteiger partial charge in [-0.25, -0.2) is 4.39 Å². The number of fused-ring (bicyclic) bond motifs is 1. The minimum absolute atomic E-state index is 0.0653. The number of benzene rings is 1. The van der Waals surface area contributed by atoms with Gasteiger partial charge in [0.1, 0.15) is 5.83 Å². The van der Waals surface area contributed by atoms with Gasteiger partial charge in [-0.15, -0.1) is 0 Å². The summed E-state index contributed by atoms with van der Waals surface area (Å²) in [5.74, 6) is -0.0653. The maximum absolute atomic E-state index is 14.5. The van der Waals surface area contributed by atoms with Crippen LogP contribution in [0.4, 0.5) is 4.39 Å². The zero-order chi connectivity index (χ0) is 15.2. The maximum atomic E-state index is 14.5. The normalized spacial score (nSPS) is 20.4. The Kier molecular flexibility index (Phi) is 3.24. The van der Waals surface area contributed by atoms with E-state index in [0.29, 0.717) is 0 Å². The lowest BCUT2D eigenvalue weighted by Gasteiger charge is -2.40. The molecule has 0 unspecified atom stereocenters. The van der Waals surface area contributed by atoms with Crippen LogP contribution in [0, 0.1) is 0 Å². The monoisotopic (exact) mass is 280 g/mol. The SMILES string of the molecule is C=C1C2=C(C(F)=CCC2)C(C)(C)c2cccc(/C=C\C)c21. The molecule has 21 heavy (non-hydrogen) atoms. The van der Waals surface area contributed by atoms with Crippen molar-refractivity contribution in [1.29, 1.82) is 0 Å². The Labute approximate surface area is 126 Å². The predicted molar refractivity (Wildman–Crippen MR) is 88.7 cm³/mol. The summed E-state index contributed by atoms with van der Waals surface area (Å²) in [6, 6.07) is 6.28. The van der Waals surface area contributed by atoms with Crippen molar-refractivity contribution < 1.29 is 4.39 Å². The van der Waals surface area contributed by atoms with Crippen molar-refractivity contribution in [2.24, 2.45) is 0 Å². The van der Waals surface area contributed by atoms with E-state index in [1.807, 2.05) is 13.0 Å². The smallest absolute Gasteiger partial charge is 0.123 e. The van der Waals surface area contributed by atoms with Crippen molar-refractivity contribution in [3.05, 3.63) is 70.6 Å². The van der Waals surface area contributed by atoms with E-state index in [9.17, 15) is 4.39 Å². The fourth-order valence-electron chi connectivity index (χ4n) is 3.72. The van der Waals surface area contributed by atoms with Gasteiger partial charge in [0.25, 0.3) is 0 Å². The Hall–Kier alpha value is -1.89. The first-order valence-electron chi connectivity index (χ1n) is 7.54. The minimum Gasteiger partial charge on any atom is -0.207 e. The summed E-state index contributed by atoms with van der Waals surface area (Å²) < 4.78 is 14.5. The number of rotatable bonds is 1. The second-order valence-corrected chi connectivity index (χ2v) is 6.32. The molecule has 0 N–H and O–H groups in total. The molecular weight excluding hydrogens is 259 g/mol. The first kappa shape index (κ1) is 14.1. The molecule has 1 aromatic carbocycles. The summed E-state index contributed by atoms with van der Waals surface area (Å²) in [6.45, 7) is 10.5. The fraction of sp³-hybridized carbons (Fsp3) is 0.300. The Morgan fingerprint density at radius 2 is 2.05 bits per heavy atom. The van der Waals surface area contributed by atoms with E-state index in [0.717, 1.165) is 29.6 Å². The van der Waals surface area contributed by atoms with Crippen LogP contribution in [0.15, 0.2) is 53.9 Å². The predicted octanol–water partition coefficient (Wildman–Crippen LogP) is 5.97. The van der Waals surface area contributed by atoms with Gasteiger partial charge < -0.3 is 0 Å². The highest BCUT2D eigenvalue weighted by atomic mass is 19.1. The van der Waals surface area contributed by atoms with Crippen molar-refractivity contribution in [3.63, 3.8) is 0 Å². The molecule has 0 spiro atoms. The summed E-state index contributed by atoms with van der Waals surface area (Å²) in [6.07, 6.45) is 7.52. The van der Waals surface area contributed by atoms with Crippen LogP contribution in [-0.4, -0.2) is 0 Å². The van der Waals surface area contributed by atoms with Crippen LogP contribution in [0.3, 0.4) is 0 Å². The van der Waals surface area contributed by atoms with Gasteiger partial charge in [0.2, 0.25) is 0 Å². The van der Waals surface area contributed by atoms with E-state index >= 15 is 0 Å². The Bertz CT molecular complexity index is 711. The lowest BCUT2D eigenvalue weighted by molar-refractivity contribution is 0.533. The van der Waals surface area contributed by atoms with Crippen LogP contribution in [0.25, 0.3) is 11.6 Å². The quantitative estimate of drug-likeness (QED) is 0.594. The van der Waals surface area contributed by atoms with Crippen molar-refractivity contribution in [3.8, 4) is 0 Å². The molecule has 0 aliphatic heterocycles. The maximum Gasteiger partial charge on any atom is 0.123 e. The molecule has 108 valence electrons. The van der Waals surface area contributed by atoms with Gasteiger partial charge >= 0.3 is 0 Å². The highest BCUT2D eigenvalue weighted by molar-refractivity contribution is 5.90. The Morgan fingerprint density at radius 1 is 1.29 bits per heavy atom. The van der Waals surface area contributed by atoms with Gasteiger partial charge in [-0.1, -0.05) is 50.8 Å². The molecule has 0 fully saturated rings. The summed E-state index contributed by atoms with van der Waals surface area (Å²) in [5.41, 5.74) is 6.16. The zero-order valence-corrected chi connectivity index (χ0v) is 13.0. The minimum atomic E-state index is -0.315. The first-order chi connectivity index (χ1) is 9.98. The van der Waals surface area contributed by atoms with Crippen LogP contribution in [-0.2, 0) is 5.41 Å². The third-order valence-electron chi connectivity index (χ3n) is 4.67. The highest BCUT2D eigenvalue weighted by Crippen LogP contribution is 2.52. The first-order valence-corrected chi connectivity index (χ1v) is 7.54. The molecule has 0 saturated heterocycles. The zero-order valence-electron chi connectivity index (χ0n) is 13.0. The second kappa shape index (κ2) is 4.84. The second-order valence-electron chi connectivity index (χ2n) is 6.32. The average Bonchev–Trinajstić information content (AvgIpc) is 2.45. The van der Waals surface area contributed by atoms with Gasteiger partial charge in [0, 0.05) is 11.0 Å². The topological polar surface area (TPSA) is 0 Å². The standard InChI is InChI=1S/C20H21F/c1-5-8-14-9-6-11-16-18(14)13(2)15-10-7-12-17(21)19(15)20(16,3)4/h5-6,8-9,11-12H,2,7,10H2,1,3-4H3/b8-5-. The number of hydrogen-bond donors (Lipinski definition) is 0. The summed E-state index contributed by atoms with van der Waals surface area (Å²) in [4.78, 5) is 0. The summed E-state index contributed by atoms with van der Waals surface area (Å²) >= 11 is 0. The van der Waals surface area contributed by atoms with Gasteiger partial charge in [-0.05, 0) is 53.7 Å². The molecule has 0 amide bonds. The third-order valence-corrected chi connectivity index (χ3v) is 4.67. The summed E-state index contributed by atoms with van der Waals surface area (Å²) in [7, 11) is 0. The van der Waals surface area contributed by atoms with Crippen LogP contribution in [0.2, 0.25) is 0 Å². The van der Waals surface area contributed by atoms with E-state index in [1.54, 1.807) is 6.08 Å². The summed E-state index contributed by atoms with van der Waals surface area (Å²) in [5, 5.41) is 0. The molecule has 1 heteroatoms. The molecule has 2 aliphatic rings. The van der Waals surface area contributed by atoms with E-state index < -0.39 is 0 Å². The van der Waals surface area contributed by atoms with Gasteiger partial charge in [0.05, 0.1) is 0 Å². The average molecular weight is 280 g/mol. The van der Waals surface area contributed by atoms with E-state index in [2.05, 4.69) is 44.7 Å². The van der Waals surface area contributed by atoms with Gasteiger partial charge in [-0.2, -0.15) is 0 Å². The molecule has 0 heterocycles. The van der Waals surface area contributed by atoms with Crippen molar-refractivity contribution in [2.45, 2.75) is 39.0 Å². The van der Waals surface area contributed by atoms with Gasteiger partial charge in [-0.3, -0.25) is 0 Å². The van der Waals surface area contributed by atoms with Crippen LogP contribution in [0.5, 0.6) is 0 Å². The van der Waals surface area contributed by atoms with Crippen molar-refractivity contribution >= 4 is 11.6 Å². The van der Waals surface area contributed by atoms with Crippen molar-refractivity contribution in [2.75, 3.05) is 0 Å². The molecule has 2 aliphatic carbocycles. The molecule has 0 aromatic heterocycles. The Balaban J connectivity index is 2.33. The number of halogens is 1. The molecular formula is C20H21F. The van der Waals surface area contributed by atoms with E-state index in [1.165, 1.54) is 16.7 Å². The lowest BCUT2D eigenvalue weighted by Crippen LogP contribution is -2.29.